The first-order chi connectivity index (χ1) is 8.65. The van der Waals surface area contributed by atoms with Gasteiger partial charge in [-0.25, -0.2) is 4.39 Å². The average molecular weight is 315 g/mol. The van der Waals surface area contributed by atoms with Gasteiger partial charge in [0.15, 0.2) is 0 Å². The number of benzene rings is 1. The molecule has 3 nitrogen and oxygen atoms in total. The quantitative estimate of drug-likeness (QED) is 0.791. The maximum Gasteiger partial charge on any atom is 0.221 e. The number of nitrogens with one attached hydrogen (secondary N) is 2. The van der Waals surface area contributed by atoms with Crippen molar-refractivity contribution in [3.8, 4) is 0 Å². The largest absolute Gasteiger partial charge is 0.353 e. The lowest BCUT2D eigenvalue weighted by molar-refractivity contribution is -0.121. The van der Waals surface area contributed by atoms with E-state index in [1.807, 2.05) is 0 Å². The summed E-state index contributed by atoms with van der Waals surface area (Å²) in [7, 11) is 0. The number of hydrogen-bond donors (Lipinski definition) is 2. The number of rotatable bonds is 6. The number of carbonyl (C=O) groups excluding carboxylic acids is 1. The summed E-state index contributed by atoms with van der Waals surface area (Å²) in [6.07, 6.45) is 2.71. The SMILES string of the molecule is O=C(CCNCc1ccc(F)cc1Br)NC1CC1. The van der Waals surface area contributed by atoms with E-state index >= 15 is 0 Å². The first kappa shape index (κ1) is 13.5. The van der Waals surface area contributed by atoms with Crippen LogP contribution in [0.5, 0.6) is 0 Å². The summed E-state index contributed by atoms with van der Waals surface area (Å²) in [6, 6.07) is 5.03. The lowest BCUT2D eigenvalue weighted by Gasteiger charge is -2.07. The van der Waals surface area contributed by atoms with E-state index in [1.165, 1.54) is 12.1 Å². The van der Waals surface area contributed by atoms with E-state index in [0.29, 0.717) is 25.6 Å². The summed E-state index contributed by atoms with van der Waals surface area (Å²) in [4.78, 5) is 11.4. The molecule has 1 fully saturated rings. The molecule has 18 heavy (non-hydrogen) atoms. The van der Waals surface area contributed by atoms with Crippen LogP contribution in [-0.4, -0.2) is 18.5 Å². The molecule has 1 aliphatic carbocycles. The molecule has 2 N–H and O–H groups in total. The number of carbonyl (C=O) groups is 1. The Morgan fingerprint density at radius 2 is 2.22 bits per heavy atom. The van der Waals surface area contributed by atoms with Gasteiger partial charge >= 0.3 is 0 Å². The molecule has 1 aliphatic rings. The molecule has 0 aliphatic heterocycles. The second-order valence-electron chi connectivity index (χ2n) is 4.50. The molecule has 0 spiro atoms. The van der Waals surface area contributed by atoms with Crippen LogP contribution in [0.15, 0.2) is 22.7 Å². The molecule has 0 bridgehead atoms. The summed E-state index contributed by atoms with van der Waals surface area (Å²) >= 11 is 3.31. The molecule has 0 atom stereocenters. The van der Waals surface area contributed by atoms with Gasteiger partial charge in [-0.1, -0.05) is 22.0 Å². The van der Waals surface area contributed by atoms with Crippen molar-refractivity contribution in [3.63, 3.8) is 0 Å². The van der Waals surface area contributed by atoms with E-state index < -0.39 is 0 Å². The molecule has 0 radical (unpaired) electrons. The van der Waals surface area contributed by atoms with E-state index in [2.05, 4.69) is 26.6 Å². The molecule has 0 heterocycles. The smallest absolute Gasteiger partial charge is 0.221 e. The van der Waals surface area contributed by atoms with Gasteiger partial charge in [0.05, 0.1) is 0 Å². The Hall–Kier alpha value is -0.940. The molecule has 0 unspecified atom stereocenters. The van der Waals surface area contributed by atoms with Crippen molar-refractivity contribution in [1.82, 2.24) is 10.6 Å². The van der Waals surface area contributed by atoms with Gasteiger partial charge in [-0.05, 0) is 30.5 Å². The lowest BCUT2D eigenvalue weighted by atomic mass is 10.2. The average Bonchev–Trinajstić information content (AvgIpc) is 3.10. The molecular formula is C13H16BrFN2O. The van der Waals surface area contributed by atoms with Gasteiger partial charge in [0.1, 0.15) is 5.82 Å². The minimum absolute atomic E-state index is 0.100. The first-order valence-electron chi connectivity index (χ1n) is 6.09. The van der Waals surface area contributed by atoms with Crippen molar-refractivity contribution in [1.29, 1.82) is 0 Å². The zero-order chi connectivity index (χ0) is 13.0. The fourth-order valence-electron chi connectivity index (χ4n) is 1.62. The van der Waals surface area contributed by atoms with Crippen LogP contribution < -0.4 is 10.6 Å². The highest BCUT2D eigenvalue weighted by molar-refractivity contribution is 9.10. The van der Waals surface area contributed by atoms with Crippen molar-refractivity contribution in [2.45, 2.75) is 31.8 Å². The summed E-state index contributed by atoms with van der Waals surface area (Å²) in [5, 5.41) is 6.11. The highest BCUT2D eigenvalue weighted by Crippen LogP contribution is 2.19. The number of amides is 1. The first-order valence-corrected chi connectivity index (χ1v) is 6.88. The van der Waals surface area contributed by atoms with Crippen LogP contribution in [0.2, 0.25) is 0 Å². The molecule has 0 aromatic heterocycles. The summed E-state index contributed by atoms with van der Waals surface area (Å²) in [5.41, 5.74) is 0.985. The molecule has 0 saturated heterocycles. The second-order valence-corrected chi connectivity index (χ2v) is 5.36. The van der Waals surface area contributed by atoms with Gasteiger partial charge < -0.3 is 10.6 Å². The third-order valence-electron chi connectivity index (χ3n) is 2.80. The normalized spacial score (nSPS) is 14.6. The third-order valence-corrected chi connectivity index (χ3v) is 3.54. The Kier molecular flexibility index (Phi) is 4.72. The molecule has 1 aromatic carbocycles. The fourth-order valence-corrected chi connectivity index (χ4v) is 2.11. The van der Waals surface area contributed by atoms with Gasteiger partial charge in [0, 0.05) is 30.0 Å². The monoisotopic (exact) mass is 314 g/mol. The Morgan fingerprint density at radius 3 is 2.89 bits per heavy atom. The molecule has 1 saturated carbocycles. The third kappa shape index (κ3) is 4.38. The van der Waals surface area contributed by atoms with Gasteiger partial charge in [0.2, 0.25) is 5.91 Å². The molecule has 5 heteroatoms. The molecular weight excluding hydrogens is 299 g/mol. The minimum Gasteiger partial charge on any atom is -0.353 e. The lowest BCUT2D eigenvalue weighted by Crippen LogP contribution is -2.29. The van der Waals surface area contributed by atoms with Crippen LogP contribution >= 0.6 is 15.9 Å². The van der Waals surface area contributed by atoms with E-state index in [0.717, 1.165) is 22.9 Å². The minimum atomic E-state index is -0.255. The zero-order valence-electron chi connectivity index (χ0n) is 10.0. The number of hydrogen-bond acceptors (Lipinski definition) is 2. The summed E-state index contributed by atoms with van der Waals surface area (Å²) in [5.74, 6) is -0.155. The maximum atomic E-state index is 12.9. The number of halogens is 2. The Bertz CT molecular complexity index is 435. The molecule has 1 aromatic rings. The predicted octanol–water partition coefficient (Wildman–Crippen LogP) is 2.35. The van der Waals surface area contributed by atoms with E-state index in [4.69, 9.17) is 0 Å². The Balaban J connectivity index is 1.66. The van der Waals surface area contributed by atoms with Gasteiger partial charge in [-0.15, -0.1) is 0 Å². The Labute approximate surface area is 114 Å². The van der Waals surface area contributed by atoms with Gasteiger partial charge in [-0.2, -0.15) is 0 Å². The van der Waals surface area contributed by atoms with Gasteiger partial charge in [-0.3, -0.25) is 4.79 Å². The standard InChI is InChI=1S/C13H16BrFN2O/c14-12-7-10(15)2-1-9(12)8-16-6-5-13(18)17-11-3-4-11/h1-2,7,11,16H,3-6,8H2,(H,17,18). The van der Waals surface area contributed by atoms with Gasteiger partial charge in [0.25, 0.3) is 0 Å². The van der Waals surface area contributed by atoms with Crippen LogP contribution in [0.3, 0.4) is 0 Å². The van der Waals surface area contributed by atoms with E-state index in [1.54, 1.807) is 6.07 Å². The van der Waals surface area contributed by atoms with Crippen LogP contribution in [0.4, 0.5) is 4.39 Å². The van der Waals surface area contributed by atoms with Crippen molar-refractivity contribution in [3.05, 3.63) is 34.1 Å². The van der Waals surface area contributed by atoms with Crippen LogP contribution in [0.25, 0.3) is 0 Å². The van der Waals surface area contributed by atoms with Crippen LogP contribution in [0, 0.1) is 5.82 Å². The van der Waals surface area contributed by atoms with Crippen LogP contribution in [0.1, 0.15) is 24.8 Å². The van der Waals surface area contributed by atoms with E-state index in [-0.39, 0.29) is 11.7 Å². The van der Waals surface area contributed by atoms with Crippen LogP contribution in [-0.2, 0) is 11.3 Å². The highest BCUT2D eigenvalue weighted by atomic mass is 79.9. The highest BCUT2D eigenvalue weighted by Gasteiger charge is 2.22. The van der Waals surface area contributed by atoms with Crippen molar-refractivity contribution < 1.29 is 9.18 Å². The molecule has 2 rings (SSSR count). The molecule has 98 valence electrons. The topological polar surface area (TPSA) is 41.1 Å². The van der Waals surface area contributed by atoms with Crippen molar-refractivity contribution >= 4 is 21.8 Å². The summed E-state index contributed by atoms with van der Waals surface area (Å²) < 4.78 is 13.6. The van der Waals surface area contributed by atoms with Crippen molar-refractivity contribution in [2.75, 3.05) is 6.54 Å². The van der Waals surface area contributed by atoms with E-state index in [9.17, 15) is 9.18 Å². The predicted molar refractivity (Wildman–Crippen MR) is 71.6 cm³/mol. The Morgan fingerprint density at radius 1 is 1.44 bits per heavy atom. The second kappa shape index (κ2) is 6.29. The molecule has 1 amide bonds. The summed E-state index contributed by atoms with van der Waals surface area (Å²) in [6.45, 7) is 1.25. The van der Waals surface area contributed by atoms with Crippen molar-refractivity contribution in [2.24, 2.45) is 0 Å². The maximum absolute atomic E-state index is 12.9. The zero-order valence-corrected chi connectivity index (χ0v) is 11.6. The fraction of sp³-hybridized carbons (Fsp3) is 0.462.